The zero-order valence-corrected chi connectivity index (χ0v) is 12.7. The number of fused-ring (bicyclic) bond motifs is 1. The van der Waals surface area contributed by atoms with Gasteiger partial charge in [-0.1, -0.05) is 42.5 Å². The van der Waals surface area contributed by atoms with E-state index in [0.29, 0.717) is 12.4 Å². The predicted octanol–water partition coefficient (Wildman–Crippen LogP) is 3.57. The van der Waals surface area contributed by atoms with Gasteiger partial charge in [-0.2, -0.15) is 0 Å². The fraction of sp³-hybridized carbons (Fsp3) is 0.111. The summed E-state index contributed by atoms with van der Waals surface area (Å²) in [5.41, 5.74) is 1.69. The lowest BCUT2D eigenvalue weighted by Crippen LogP contribution is -2.28. The molecule has 0 aliphatic rings. The number of rotatable bonds is 4. The number of nitrogens with one attached hydrogen (secondary N) is 2. The summed E-state index contributed by atoms with van der Waals surface area (Å²) in [6.45, 7) is 0.396. The Labute approximate surface area is 134 Å². The van der Waals surface area contributed by atoms with E-state index in [9.17, 15) is 4.79 Å². The van der Waals surface area contributed by atoms with E-state index in [-0.39, 0.29) is 6.03 Å². The molecule has 116 valence electrons. The lowest BCUT2D eigenvalue weighted by molar-refractivity contribution is 0.252. The van der Waals surface area contributed by atoms with E-state index in [0.717, 1.165) is 22.0 Å². The molecule has 0 atom stereocenters. The molecule has 1 heterocycles. The van der Waals surface area contributed by atoms with Gasteiger partial charge in [-0.25, -0.2) is 9.78 Å². The van der Waals surface area contributed by atoms with Crippen molar-refractivity contribution in [3.05, 3.63) is 66.4 Å². The van der Waals surface area contributed by atoms with Crippen LogP contribution < -0.4 is 15.4 Å². The molecule has 2 amide bonds. The van der Waals surface area contributed by atoms with Gasteiger partial charge in [0.05, 0.1) is 12.8 Å². The zero-order chi connectivity index (χ0) is 16.1. The molecule has 0 bridgehead atoms. The summed E-state index contributed by atoms with van der Waals surface area (Å²) in [5.74, 6) is 0.550. The molecule has 3 rings (SSSR count). The smallest absolute Gasteiger partial charge is 0.319 e. The van der Waals surface area contributed by atoms with Gasteiger partial charge in [0.15, 0.2) is 0 Å². The van der Waals surface area contributed by atoms with Gasteiger partial charge in [-0.3, -0.25) is 0 Å². The Kier molecular flexibility index (Phi) is 4.38. The van der Waals surface area contributed by atoms with Crippen molar-refractivity contribution in [1.29, 1.82) is 0 Å². The number of hydrogen-bond acceptors (Lipinski definition) is 3. The molecular formula is C18H17N3O2. The largest absolute Gasteiger partial charge is 0.481 e. The van der Waals surface area contributed by atoms with Crippen molar-refractivity contribution in [2.75, 3.05) is 12.4 Å². The Morgan fingerprint density at radius 2 is 1.91 bits per heavy atom. The predicted molar refractivity (Wildman–Crippen MR) is 90.6 cm³/mol. The molecule has 0 saturated heterocycles. The van der Waals surface area contributed by atoms with E-state index in [1.165, 1.54) is 0 Å². The van der Waals surface area contributed by atoms with Crippen LogP contribution in [0.25, 0.3) is 10.8 Å². The Morgan fingerprint density at radius 1 is 1.09 bits per heavy atom. The van der Waals surface area contributed by atoms with Crippen molar-refractivity contribution in [2.45, 2.75) is 6.54 Å². The maximum absolute atomic E-state index is 12.1. The lowest BCUT2D eigenvalue weighted by atomic mass is 10.1. The molecule has 23 heavy (non-hydrogen) atoms. The number of hydrogen-bond donors (Lipinski definition) is 2. The minimum absolute atomic E-state index is 0.253. The van der Waals surface area contributed by atoms with E-state index in [1.807, 2.05) is 48.5 Å². The van der Waals surface area contributed by atoms with Crippen LogP contribution in [0.4, 0.5) is 10.5 Å². The van der Waals surface area contributed by atoms with Crippen molar-refractivity contribution in [3.8, 4) is 5.88 Å². The molecule has 0 saturated carbocycles. The third kappa shape index (κ3) is 3.58. The fourth-order valence-electron chi connectivity index (χ4n) is 2.32. The summed E-state index contributed by atoms with van der Waals surface area (Å²) < 4.78 is 5.00. The molecule has 3 aromatic rings. The number of anilines is 1. The molecule has 0 fully saturated rings. The number of urea groups is 1. The number of aromatic nitrogens is 1. The standard InChI is InChI=1S/C18H17N3O2/c1-23-17-10-9-13(11-19-17)12-20-18(22)21-16-8-4-6-14-5-2-3-7-15(14)16/h2-11H,12H2,1H3,(H2,20,21,22). The zero-order valence-electron chi connectivity index (χ0n) is 12.7. The molecule has 1 aromatic heterocycles. The van der Waals surface area contributed by atoms with Crippen molar-refractivity contribution in [2.24, 2.45) is 0 Å². The first-order chi connectivity index (χ1) is 11.3. The van der Waals surface area contributed by atoms with Crippen LogP contribution in [-0.4, -0.2) is 18.1 Å². The highest BCUT2D eigenvalue weighted by molar-refractivity contribution is 6.01. The molecule has 5 nitrogen and oxygen atoms in total. The van der Waals surface area contributed by atoms with Crippen LogP contribution in [0.15, 0.2) is 60.8 Å². The second-order valence-electron chi connectivity index (χ2n) is 5.04. The number of ether oxygens (including phenoxy) is 1. The van der Waals surface area contributed by atoms with E-state index in [4.69, 9.17) is 4.74 Å². The third-order valence-corrected chi connectivity index (χ3v) is 3.50. The van der Waals surface area contributed by atoms with Crippen molar-refractivity contribution < 1.29 is 9.53 Å². The first-order valence-electron chi connectivity index (χ1n) is 7.28. The van der Waals surface area contributed by atoms with Gasteiger partial charge in [-0.15, -0.1) is 0 Å². The number of carbonyl (C=O) groups is 1. The van der Waals surface area contributed by atoms with Crippen molar-refractivity contribution >= 4 is 22.5 Å². The average molecular weight is 307 g/mol. The molecule has 2 aromatic carbocycles. The monoisotopic (exact) mass is 307 g/mol. The highest BCUT2D eigenvalue weighted by Gasteiger charge is 2.05. The topological polar surface area (TPSA) is 63.2 Å². The summed E-state index contributed by atoms with van der Waals surface area (Å²) in [6, 6.07) is 17.1. The number of pyridine rings is 1. The summed E-state index contributed by atoms with van der Waals surface area (Å²) in [4.78, 5) is 16.2. The summed E-state index contributed by atoms with van der Waals surface area (Å²) in [7, 11) is 1.57. The molecule has 0 spiro atoms. The Balaban J connectivity index is 1.64. The van der Waals surface area contributed by atoms with Gasteiger partial charge in [0.25, 0.3) is 0 Å². The normalized spacial score (nSPS) is 10.3. The lowest BCUT2D eigenvalue weighted by Gasteiger charge is -2.10. The SMILES string of the molecule is COc1ccc(CNC(=O)Nc2cccc3ccccc23)cn1. The van der Waals surface area contributed by atoms with E-state index < -0.39 is 0 Å². The maximum Gasteiger partial charge on any atom is 0.319 e. The first kappa shape index (κ1) is 14.8. The quantitative estimate of drug-likeness (QED) is 0.774. The summed E-state index contributed by atoms with van der Waals surface area (Å²) in [6.07, 6.45) is 1.68. The highest BCUT2D eigenvalue weighted by atomic mass is 16.5. The van der Waals surface area contributed by atoms with Gasteiger partial charge in [-0.05, 0) is 17.0 Å². The van der Waals surface area contributed by atoms with Gasteiger partial charge < -0.3 is 15.4 Å². The number of nitrogens with zero attached hydrogens (tertiary/aromatic N) is 1. The number of carbonyl (C=O) groups excluding carboxylic acids is 1. The van der Waals surface area contributed by atoms with Crippen LogP contribution >= 0.6 is 0 Å². The van der Waals surface area contributed by atoms with Gasteiger partial charge in [0, 0.05) is 24.2 Å². The Bertz CT molecular complexity index is 811. The average Bonchev–Trinajstić information content (AvgIpc) is 2.61. The minimum Gasteiger partial charge on any atom is -0.481 e. The van der Waals surface area contributed by atoms with Crippen LogP contribution in [0, 0.1) is 0 Å². The van der Waals surface area contributed by atoms with Gasteiger partial charge in [0.2, 0.25) is 5.88 Å². The van der Waals surface area contributed by atoms with Crippen LogP contribution in [0.2, 0.25) is 0 Å². The van der Waals surface area contributed by atoms with Crippen LogP contribution in [0.5, 0.6) is 5.88 Å². The third-order valence-electron chi connectivity index (χ3n) is 3.50. The molecular weight excluding hydrogens is 290 g/mol. The number of amides is 2. The second kappa shape index (κ2) is 6.79. The first-order valence-corrected chi connectivity index (χ1v) is 7.28. The van der Waals surface area contributed by atoms with E-state index in [2.05, 4.69) is 15.6 Å². The van der Waals surface area contributed by atoms with E-state index >= 15 is 0 Å². The summed E-state index contributed by atoms with van der Waals surface area (Å²) in [5, 5.41) is 7.80. The van der Waals surface area contributed by atoms with Gasteiger partial charge >= 0.3 is 6.03 Å². The Morgan fingerprint density at radius 3 is 2.70 bits per heavy atom. The maximum atomic E-state index is 12.1. The number of methoxy groups -OCH3 is 1. The van der Waals surface area contributed by atoms with Crippen LogP contribution in [0.3, 0.4) is 0 Å². The molecule has 0 aliphatic heterocycles. The number of benzene rings is 2. The second-order valence-corrected chi connectivity index (χ2v) is 5.04. The fourth-order valence-corrected chi connectivity index (χ4v) is 2.32. The molecule has 5 heteroatoms. The van der Waals surface area contributed by atoms with E-state index in [1.54, 1.807) is 19.4 Å². The molecule has 0 aliphatic carbocycles. The molecule has 0 unspecified atom stereocenters. The summed E-state index contributed by atoms with van der Waals surface area (Å²) >= 11 is 0. The van der Waals surface area contributed by atoms with Crippen molar-refractivity contribution in [3.63, 3.8) is 0 Å². The Hall–Kier alpha value is -3.08. The molecule has 2 N–H and O–H groups in total. The molecule has 0 radical (unpaired) electrons. The minimum atomic E-state index is -0.253. The highest BCUT2D eigenvalue weighted by Crippen LogP contribution is 2.22. The van der Waals surface area contributed by atoms with Gasteiger partial charge in [0.1, 0.15) is 0 Å². The van der Waals surface area contributed by atoms with Crippen LogP contribution in [-0.2, 0) is 6.54 Å². The van der Waals surface area contributed by atoms with Crippen molar-refractivity contribution in [1.82, 2.24) is 10.3 Å². The van der Waals surface area contributed by atoms with Crippen LogP contribution in [0.1, 0.15) is 5.56 Å².